The second kappa shape index (κ2) is 6.13. The lowest BCUT2D eigenvalue weighted by Crippen LogP contribution is -2.33. The van der Waals surface area contributed by atoms with Gasteiger partial charge in [0.05, 0.1) is 12.1 Å². The van der Waals surface area contributed by atoms with E-state index in [0.717, 1.165) is 5.56 Å². The Balaban J connectivity index is 2.09. The first-order valence-corrected chi connectivity index (χ1v) is 6.81. The van der Waals surface area contributed by atoms with E-state index in [0.29, 0.717) is 16.5 Å². The quantitative estimate of drug-likeness (QED) is 0.803. The molecule has 0 saturated heterocycles. The van der Waals surface area contributed by atoms with Crippen molar-refractivity contribution in [2.45, 2.75) is 12.3 Å². The minimum absolute atomic E-state index is 0.0483. The lowest BCUT2D eigenvalue weighted by atomic mass is 10.1. The first-order valence-electron chi connectivity index (χ1n) is 6.06. The van der Waals surface area contributed by atoms with E-state index in [9.17, 15) is 4.79 Å². The van der Waals surface area contributed by atoms with E-state index in [-0.39, 0.29) is 30.8 Å². The normalized spacial score (nSPS) is 19.8. The third-order valence-corrected chi connectivity index (χ3v) is 3.87. The molecular formula is C14H11Cl2N3O. The van der Waals surface area contributed by atoms with Crippen molar-refractivity contribution in [3.8, 4) is 12.1 Å². The van der Waals surface area contributed by atoms with Gasteiger partial charge in [-0.3, -0.25) is 4.79 Å². The van der Waals surface area contributed by atoms with Crippen LogP contribution in [0.1, 0.15) is 17.9 Å². The van der Waals surface area contributed by atoms with Crippen LogP contribution in [0.15, 0.2) is 18.2 Å². The molecule has 2 atom stereocenters. The van der Waals surface area contributed by atoms with Gasteiger partial charge in [-0.1, -0.05) is 29.3 Å². The maximum atomic E-state index is 12.2. The maximum Gasteiger partial charge on any atom is 0.228 e. The molecule has 1 saturated carbocycles. The lowest BCUT2D eigenvalue weighted by Gasteiger charge is -2.15. The molecule has 0 spiro atoms. The number of nitrogens with zero attached hydrogens (tertiary/aromatic N) is 3. The predicted molar refractivity (Wildman–Crippen MR) is 75.1 cm³/mol. The summed E-state index contributed by atoms with van der Waals surface area (Å²) in [5, 5.41) is 18.5. The van der Waals surface area contributed by atoms with Gasteiger partial charge in [0.1, 0.15) is 13.1 Å². The number of halogens is 2. The number of hydrogen-bond acceptors (Lipinski definition) is 3. The minimum atomic E-state index is -0.199. The average Bonchev–Trinajstić information content (AvgIpc) is 3.18. The fourth-order valence-corrected chi connectivity index (χ4v) is 2.78. The van der Waals surface area contributed by atoms with Crippen molar-refractivity contribution in [2.75, 3.05) is 13.1 Å². The van der Waals surface area contributed by atoms with Gasteiger partial charge in [-0.25, -0.2) is 0 Å². The van der Waals surface area contributed by atoms with Crippen molar-refractivity contribution in [1.29, 1.82) is 10.5 Å². The van der Waals surface area contributed by atoms with E-state index in [2.05, 4.69) is 0 Å². The van der Waals surface area contributed by atoms with Crippen molar-refractivity contribution in [1.82, 2.24) is 4.90 Å². The summed E-state index contributed by atoms with van der Waals surface area (Å²) in [6.07, 6.45) is 0.688. The molecule has 1 aromatic carbocycles. The summed E-state index contributed by atoms with van der Waals surface area (Å²) in [7, 11) is 0. The second-order valence-electron chi connectivity index (χ2n) is 4.63. The zero-order chi connectivity index (χ0) is 14.7. The summed E-state index contributed by atoms with van der Waals surface area (Å²) in [6, 6.07) is 9.02. The fraction of sp³-hybridized carbons (Fsp3) is 0.357. The van der Waals surface area contributed by atoms with E-state index >= 15 is 0 Å². The Kier molecular flexibility index (Phi) is 4.49. The first-order chi connectivity index (χ1) is 9.58. The van der Waals surface area contributed by atoms with Crippen molar-refractivity contribution in [3.63, 3.8) is 0 Å². The molecule has 4 nitrogen and oxygen atoms in total. The number of carbonyl (C=O) groups excluding carboxylic acids is 1. The Morgan fingerprint density at radius 3 is 2.50 bits per heavy atom. The number of amides is 1. The molecule has 0 radical (unpaired) electrons. The highest BCUT2D eigenvalue weighted by molar-refractivity contribution is 6.35. The van der Waals surface area contributed by atoms with Gasteiger partial charge in [0.2, 0.25) is 5.91 Å². The SMILES string of the molecule is N#CCN(CC#N)C(=O)[C@H]1C[C@H]1c1ccc(Cl)cc1Cl. The van der Waals surface area contributed by atoms with Crippen LogP contribution in [-0.2, 0) is 4.79 Å². The molecular weight excluding hydrogens is 297 g/mol. The summed E-state index contributed by atoms with van der Waals surface area (Å²) in [5.41, 5.74) is 0.892. The molecule has 1 fully saturated rings. The number of hydrogen-bond donors (Lipinski definition) is 0. The van der Waals surface area contributed by atoms with Crippen molar-refractivity contribution in [3.05, 3.63) is 33.8 Å². The van der Waals surface area contributed by atoms with E-state index in [4.69, 9.17) is 33.7 Å². The van der Waals surface area contributed by atoms with Gasteiger partial charge < -0.3 is 4.90 Å². The van der Waals surface area contributed by atoms with Crippen molar-refractivity contribution in [2.24, 2.45) is 5.92 Å². The Morgan fingerprint density at radius 1 is 1.30 bits per heavy atom. The highest BCUT2D eigenvalue weighted by Crippen LogP contribution is 2.50. The maximum absolute atomic E-state index is 12.2. The molecule has 1 aliphatic carbocycles. The standard InChI is InChI=1S/C14H11Cl2N3O/c15-9-1-2-10(13(16)7-9)11-8-12(11)14(20)19(5-3-17)6-4-18/h1-2,7,11-12H,5-6,8H2/t11-,12-/m0/s1. The lowest BCUT2D eigenvalue weighted by molar-refractivity contribution is -0.131. The molecule has 0 N–H and O–H groups in total. The zero-order valence-corrected chi connectivity index (χ0v) is 12.0. The monoisotopic (exact) mass is 307 g/mol. The van der Waals surface area contributed by atoms with Gasteiger partial charge in [0.25, 0.3) is 0 Å². The van der Waals surface area contributed by atoms with Gasteiger partial charge in [0, 0.05) is 16.0 Å². The van der Waals surface area contributed by atoms with Crippen molar-refractivity contribution < 1.29 is 4.79 Å². The average molecular weight is 308 g/mol. The molecule has 2 rings (SSSR count). The number of benzene rings is 1. The molecule has 0 bridgehead atoms. The van der Waals surface area contributed by atoms with Crippen molar-refractivity contribution >= 4 is 29.1 Å². The highest BCUT2D eigenvalue weighted by atomic mass is 35.5. The van der Waals surface area contributed by atoms with Crippen LogP contribution in [0.2, 0.25) is 10.0 Å². The van der Waals surface area contributed by atoms with Gasteiger partial charge in [-0.15, -0.1) is 0 Å². The summed E-state index contributed by atoms with van der Waals surface area (Å²) in [4.78, 5) is 13.5. The topological polar surface area (TPSA) is 67.9 Å². The van der Waals surface area contributed by atoms with Crippen LogP contribution >= 0.6 is 23.2 Å². The molecule has 1 amide bonds. The molecule has 0 aromatic heterocycles. The molecule has 6 heteroatoms. The fourth-order valence-electron chi connectivity index (χ4n) is 2.23. The molecule has 0 unspecified atom stereocenters. The van der Waals surface area contributed by atoms with Crippen LogP contribution in [0, 0.1) is 28.6 Å². The smallest absolute Gasteiger partial charge is 0.228 e. The Morgan fingerprint density at radius 2 is 1.95 bits per heavy atom. The van der Waals surface area contributed by atoms with Gasteiger partial charge in [-0.2, -0.15) is 10.5 Å². The van der Waals surface area contributed by atoms with E-state index in [1.165, 1.54) is 4.90 Å². The van der Waals surface area contributed by atoms with Crippen LogP contribution in [0.5, 0.6) is 0 Å². The molecule has 0 heterocycles. The second-order valence-corrected chi connectivity index (χ2v) is 5.47. The third-order valence-electron chi connectivity index (χ3n) is 3.30. The highest BCUT2D eigenvalue weighted by Gasteiger charge is 2.46. The number of rotatable bonds is 4. The Hall–Kier alpha value is -1.75. The van der Waals surface area contributed by atoms with Crippen LogP contribution in [0.3, 0.4) is 0 Å². The molecule has 20 heavy (non-hydrogen) atoms. The summed E-state index contributed by atoms with van der Waals surface area (Å²) >= 11 is 12.0. The van der Waals surface area contributed by atoms with E-state index in [1.807, 2.05) is 18.2 Å². The van der Waals surface area contributed by atoms with E-state index in [1.54, 1.807) is 12.1 Å². The summed E-state index contributed by atoms with van der Waals surface area (Å²) in [6.45, 7) is -0.131. The predicted octanol–water partition coefficient (Wildman–Crippen LogP) is 2.97. The van der Waals surface area contributed by atoms with Crippen LogP contribution in [0.4, 0.5) is 0 Å². The molecule has 0 aliphatic heterocycles. The van der Waals surface area contributed by atoms with Gasteiger partial charge >= 0.3 is 0 Å². The number of nitriles is 2. The third kappa shape index (κ3) is 3.04. The molecule has 102 valence electrons. The van der Waals surface area contributed by atoms with Crippen LogP contribution < -0.4 is 0 Å². The van der Waals surface area contributed by atoms with Gasteiger partial charge in [-0.05, 0) is 30.0 Å². The Bertz CT molecular complexity index is 602. The minimum Gasteiger partial charge on any atom is -0.316 e. The Labute approximate surface area is 127 Å². The molecule has 1 aromatic rings. The van der Waals surface area contributed by atoms with E-state index < -0.39 is 0 Å². The molecule has 1 aliphatic rings. The first kappa shape index (κ1) is 14.7. The van der Waals surface area contributed by atoms with Gasteiger partial charge in [0.15, 0.2) is 0 Å². The largest absolute Gasteiger partial charge is 0.316 e. The number of carbonyl (C=O) groups is 1. The zero-order valence-electron chi connectivity index (χ0n) is 10.5. The summed E-state index contributed by atoms with van der Waals surface area (Å²) in [5.74, 6) is -0.313. The summed E-state index contributed by atoms with van der Waals surface area (Å²) < 4.78 is 0. The van der Waals surface area contributed by atoms with Crippen LogP contribution in [0.25, 0.3) is 0 Å². The van der Waals surface area contributed by atoms with Crippen LogP contribution in [-0.4, -0.2) is 23.9 Å².